The number of benzene rings is 2. The molecule has 2 heterocycles. The highest BCUT2D eigenvalue weighted by atomic mass is 28.1. The molecule has 1 aliphatic rings. The molecule has 1 aromatic heterocycles. The summed E-state index contributed by atoms with van der Waals surface area (Å²) >= 11 is 0. The van der Waals surface area contributed by atoms with Crippen molar-refractivity contribution in [2.24, 2.45) is 7.05 Å². The second kappa shape index (κ2) is 6.62. The van der Waals surface area contributed by atoms with Crippen molar-refractivity contribution in [3.05, 3.63) is 52.9 Å². The number of ether oxygens (including phenoxy) is 3. The van der Waals surface area contributed by atoms with Crippen LogP contribution in [0.5, 0.6) is 11.5 Å². The fraction of sp³-hybridized carbons (Fsp3) is 0.250. The van der Waals surface area contributed by atoms with E-state index in [0.717, 1.165) is 38.3 Å². The number of fused-ring (bicyclic) bond motifs is 2. The van der Waals surface area contributed by atoms with E-state index in [-0.39, 0.29) is 11.7 Å². The van der Waals surface area contributed by atoms with Crippen LogP contribution < -0.4 is 20.2 Å². The van der Waals surface area contributed by atoms with Crippen LogP contribution in [0.3, 0.4) is 0 Å². The van der Waals surface area contributed by atoms with Crippen LogP contribution in [0.4, 0.5) is 0 Å². The number of hydrogen-bond acceptors (Lipinski definition) is 4. The lowest BCUT2D eigenvalue weighted by Crippen LogP contribution is -2.33. The molecule has 0 N–H and O–H groups in total. The van der Waals surface area contributed by atoms with Crippen molar-refractivity contribution in [3.63, 3.8) is 0 Å². The predicted octanol–water partition coefficient (Wildman–Crippen LogP) is 0.982. The van der Waals surface area contributed by atoms with E-state index in [1.807, 2.05) is 36.5 Å². The van der Waals surface area contributed by atoms with Crippen LogP contribution in [0.1, 0.15) is 0 Å². The highest BCUT2D eigenvalue weighted by Crippen LogP contribution is 2.41. The molecule has 2 aromatic carbocycles. The van der Waals surface area contributed by atoms with Crippen LogP contribution in [-0.4, -0.2) is 41.2 Å². The fourth-order valence-corrected chi connectivity index (χ4v) is 4.02. The van der Waals surface area contributed by atoms with Crippen molar-refractivity contribution in [2.75, 3.05) is 20.3 Å². The molecule has 134 valence electrons. The largest absolute Gasteiger partial charge is 0.485 e. The smallest absolute Gasteiger partial charge is 0.258 e. The Bertz CT molecular complexity index is 1040. The zero-order chi connectivity index (χ0) is 18.3. The molecule has 0 saturated heterocycles. The van der Waals surface area contributed by atoms with E-state index in [1.165, 1.54) is 5.19 Å². The lowest BCUT2D eigenvalue weighted by Gasteiger charge is -2.28. The molecule has 0 radical (unpaired) electrons. The van der Waals surface area contributed by atoms with E-state index < -0.39 is 0 Å². The summed E-state index contributed by atoms with van der Waals surface area (Å²) in [7, 11) is 4.32. The summed E-state index contributed by atoms with van der Waals surface area (Å²) in [6, 6.07) is 11.9. The monoisotopic (exact) mass is 367 g/mol. The summed E-state index contributed by atoms with van der Waals surface area (Å²) in [5, 5.41) is 2.83. The van der Waals surface area contributed by atoms with E-state index in [1.54, 1.807) is 18.7 Å². The van der Waals surface area contributed by atoms with Crippen molar-refractivity contribution in [2.45, 2.75) is 6.10 Å². The van der Waals surface area contributed by atoms with Crippen LogP contribution in [0.25, 0.3) is 21.9 Å². The minimum Gasteiger partial charge on any atom is -0.485 e. The van der Waals surface area contributed by atoms with Gasteiger partial charge in [0.2, 0.25) is 0 Å². The van der Waals surface area contributed by atoms with Gasteiger partial charge in [-0.2, -0.15) is 0 Å². The zero-order valence-corrected chi connectivity index (χ0v) is 17.1. The van der Waals surface area contributed by atoms with Gasteiger partial charge in [-0.15, -0.1) is 0 Å². The van der Waals surface area contributed by atoms with E-state index in [0.29, 0.717) is 18.6 Å². The summed E-state index contributed by atoms with van der Waals surface area (Å²) in [5.41, 5.74) is 1.94. The molecule has 0 bridgehead atoms. The van der Waals surface area contributed by atoms with Crippen molar-refractivity contribution in [1.29, 1.82) is 0 Å². The number of methoxy groups -OCH3 is 1. The lowest BCUT2D eigenvalue weighted by atomic mass is 9.99. The highest BCUT2D eigenvalue weighted by molar-refractivity contribution is 6.33. The standard InChI is InChI=1S/C20H21NO4Si/c1-21-9-17(14-5-3-4-6-15(14)20(21)22)16-7-13(26)8-18-19(16)24-11-12(25-18)10-23-2/h3-9,12H,10-11H2,1-2,26H3. The summed E-state index contributed by atoms with van der Waals surface area (Å²) in [5.74, 6) is 1.49. The van der Waals surface area contributed by atoms with Gasteiger partial charge in [0.05, 0.1) is 6.61 Å². The Kier molecular flexibility index (Phi) is 4.30. The molecular formula is C20H21NO4Si. The normalized spacial score (nSPS) is 16.2. The van der Waals surface area contributed by atoms with Crippen molar-refractivity contribution >= 4 is 26.2 Å². The Morgan fingerprint density at radius 2 is 2.00 bits per heavy atom. The van der Waals surface area contributed by atoms with Crippen molar-refractivity contribution in [1.82, 2.24) is 4.57 Å². The Labute approximate surface area is 154 Å². The zero-order valence-electron chi connectivity index (χ0n) is 15.1. The number of nitrogens with zero attached hydrogens (tertiary/aromatic N) is 1. The average molecular weight is 367 g/mol. The summed E-state index contributed by atoms with van der Waals surface area (Å²) in [6.45, 7) is 0.931. The van der Waals surface area contributed by atoms with Crippen LogP contribution in [0.2, 0.25) is 0 Å². The van der Waals surface area contributed by atoms with Gasteiger partial charge in [0.15, 0.2) is 17.6 Å². The maximum atomic E-state index is 12.5. The number of rotatable bonds is 3. The molecule has 0 spiro atoms. The third-order valence-electron chi connectivity index (χ3n) is 4.64. The van der Waals surface area contributed by atoms with Gasteiger partial charge < -0.3 is 18.8 Å². The quantitative estimate of drug-likeness (QED) is 0.648. The minimum atomic E-state index is -0.110. The molecule has 3 aromatic rings. The third-order valence-corrected chi connectivity index (χ3v) is 5.22. The third kappa shape index (κ3) is 2.81. The van der Waals surface area contributed by atoms with Gasteiger partial charge >= 0.3 is 0 Å². The van der Waals surface area contributed by atoms with Gasteiger partial charge in [0.25, 0.3) is 5.56 Å². The van der Waals surface area contributed by atoms with Gasteiger partial charge in [0.1, 0.15) is 6.61 Å². The Morgan fingerprint density at radius 1 is 1.23 bits per heavy atom. The maximum Gasteiger partial charge on any atom is 0.258 e. The SMILES string of the molecule is COCC1COc2c(cc([SiH3])cc2-c2cn(C)c(=O)c3ccccc23)O1. The average Bonchev–Trinajstić information content (AvgIpc) is 2.64. The number of hydrogen-bond donors (Lipinski definition) is 0. The molecule has 5 nitrogen and oxygen atoms in total. The Balaban J connectivity index is 1.94. The van der Waals surface area contributed by atoms with E-state index in [9.17, 15) is 4.79 Å². The maximum absolute atomic E-state index is 12.5. The van der Waals surface area contributed by atoms with E-state index in [2.05, 4.69) is 6.07 Å². The van der Waals surface area contributed by atoms with Gasteiger partial charge in [-0.05, 0) is 17.5 Å². The molecular weight excluding hydrogens is 346 g/mol. The molecule has 26 heavy (non-hydrogen) atoms. The number of aromatic nitrogens is 1. The van der Waals surface area contributed by atoms with Crippen LogP contribution in [-0.2, 0) is 11.8 Å². The molecule has 6 heteroatoms. The summed E-state index contributed by atoms with van der Waals surface area (Å²) in [6.07, 6.45) is 1.77. The summed E-state index contributed by atoms with van der Waals surface area (Å²) in [4.78, 5) is 12.5. The molecule has 1 unspecified atom stereocenters. The topological polar surface area (TPSA) is 49.7 Å². The molecule has 0 aliphatic carbocycles. The first-order valence-electron chi connectivity index (χ1n) is 8.60. The van der Waals surface area contributed by atoms with Crippen LogP contribution >= 0.6 is 0 Å². The van der Waals surface area contributed by atoms with Gasteiger partial charge in [0, 0.05) is 47.1 Å². The van der Waals surface area contributed by atoms with Crippen LogP contribution in [0.15, 0.2) is 47.4 Å². The lowest BCUT2D eigenvalue weighted by molar-refractivity contribution is 0.0276. The molecule has 1 aliphatic heterocycles. The number of aryl methyl sites for hydroxylation is 1. The van der Waals surface area contributed by atoms with Crippen LogP contribution in [0, 0.1) is 0 Å². The van der Waals surface area contributed by atoms with E-state index in [4.69, 9.17) is 14.2 Å². The van der Waals surface area contributed by atoms with Crippen molar-refractivity contribution < 1.29 is 14.2 Å². The molecule has 0 amide bonds. The first-order chi connectivity index (χ1) is 12.6. The Morgan fingerprint density at radius 3 is 2.77 bits per heavy atom. The van der Waals surface area contributed by atoms with Crippen molar-refractivity contribution in [3.8, 4) is 22.6 Å². The predicted molar refractivity (Wildman–Crippen MR) is 106 cm³/mol. The Hall–Kier alpha value is -2.57. The molecule has 1 atom stereocenters. The minimum absolute atomic E-state index is 0.00225. The second-order valence-corrected chi connectivity index (χ2v) is 7.81. The molecule has 0 saturated carbocycles. The fourth-order valence-electron chi connectivity index (χ4n) is 3.47. The first-order valence-corrected chi connectivity index (χ1v) is 9.60. The van der Waals surface area contributed by atoms with Gasteiger partial charge in [-0.3, -0.25) is 4.79 Å². The summed E-state index contributed by atoms with van der Waals surface area (Å²) < 4.78 is 19.0. The van der Waals surface area contributed by atoms with E-state index >= 15 is 0 Å². The molecule has 4 rings (SSSR count). The van der Waals surface area contributed by atoms with Gasteiger partial charge in [-0.25, -0.2) is 0 Å². The highest BCUT2D eigenvalue weighted by Gasteiger charge is 2.25. The number of pyridine rings is 1. The second-order valence-electron chi connectivity index (χ2n) is 6.65. The first kappa shape index (κ1) is 16.9. The molecule has 0 fully saturated rings. The van der Waals surface area contributed by atoms with Gasteiger partial charge in [-0.1, -0.05) is 29.5 Å².